The molecule has 0 radical (unpaired) electrons. The summed E-state index contributed by atoms with van der Waals surface area (Å²) in [5.74, 6) is 0.864. The van der Waals surface area contributed by atoms with Gasteiger partial charge >= 0.3 is 6.16 Å². The Bertz CT molecular complexity index is 1260. The standard InChI is InChI=1S/C24H29N7O4.ClH/c1-2-34-24(33)35-19-13-16-14-27-23(29-21(16)31(22(19)32)17-5-3-4-6-17)28-20-8-7-18(15-26-20)30-11-9-25-10-12-30;/h7-8,13-15,17,25H,2-6,9-12H2,1H3,(H,26,27,28,29);1H. The fraction of sp³-hybridized carbons (Fsp3) is 0.458. The molecule has 36 heavy (non-hydrogen) atoms. The quantitative estimate of drug-likeness (QED) is 0.472. The molecule has 2 aliphatic rings. The zero-order chi connectivity index (χ0) is 24.2. The van der Waals surface area contributed by atoms with E-state index in [1.165, 1.54) is 6.07 Å². The molecule has 0 bridgehead atoms. The maximum atomic E-state index is 13.3. The summed E-state index contributed by atoms with van der Waals surface area (Å²) >= 11 is 0. The van der Waals surface area contributed by atoms with Crippen LogP contribution in [0.25, 0.3) is 11.0 Å². The minimum absolute atomic E-state index is 0. The van der Waals surface area contributed by atoms with Gasteiger partial charge in [0.25, 0.3) is 5.56 Å². The first-order chi connectivity index (χ1) is 17.1. The molecule has 0 unspecified atom stereocenters. The number of anilines is 3. The number of nitrogens with zero attached hydrogens (tertiary/aromatic N) is 5. The third-order valence-electron chi connectivity index (χ3n) is 6.36. The van der Waals surface area contributed by atoms with E-state index >= 15 is 0 Å². The third-order valence-corrected chi connectivity index (χ3v) is 6.36. The van der Waals surface area contributed by atoms with Crippen molar-refractivity contribution in [1.82, 2.24) is 24.8 Å². The van der Waals surface area contributed by atoms with E-state index in [1.54, 1.807) is 17.7 Å². The van der Waals surface area contributed by atoms with Crippen LogP contribution in [0.5, 0.6) is 5.75 Å². The molecule has 192 valence electrons. The van der Waals surface area contributed by atoms with Crippen molar-refractivity contribution in [3.63, 3.8) is 0 Å². The number of hydrogen-bond acceptors (Lipinski definition) is 10. The van der Waals surface area contributed by atoms with Crippen LogP contribution in [0.15, 0.2) is 35.4 Å². The van der Waals surface area contributed by atoms with Crippen molar-refractivity contribution in [2.24, 2.45) is 0 Å². The van der Waals surface area contributed by atoms with Gasteiger partial charge in [-0.15, -0.1) is 12.4 Å². The van der Waals surface area contributed by atoms with Gasteiger partial charge in [0.1, 0.15) is 11.5 Å². The van der Waals surface area contributed by atoms with E-state index in [0.717, 1.165) is 57.5 Å². The number of ether oxygens (including phenoxy) is 2. The fourth-order valence-corrected chi connectivity index (χ4v) is 4.65. The first-order valence-corrected chi connectivity index (χ1v) is 12.1. The van der Waals surface area contributed by atoms with Gasteiger partial charge < -0.3 is 25.0 Å². The van der Waals surface area contributed by atoms with E-state index < -0.39 is 11.7 Å². The molecule has 1 saturated carbocycles. The number of rotatable bonds is 6. The zero-order valence-electron chi connectivity index (χ0n) is 20.1. The van der Waals surface area contributed by atoms with Crippen molar-refractivity contribution in [3.8, 4) is 5.75 Å². The Hall–Kier alpha value is -3.44. The lowest BCUT2D eigenvalue weighted by Crippen LogP contribution is -2.43. The third kappa shape index (κ3) is 5.52. The summed E-state index contributed by atoms with van der Waals surface area (Å²) in [6.45, 7) is 5.64. The molecule has 11 nitrogen and oxygen atoms in total. The van der Waals surface area contributed by atoms with Crippen LogP contribution in [0.2, 0.25) is 0 Å². The number of carbonyl (C=O) groups is 1. The summed E-state index contributed by atoms with van der Waals surface area (Å²) in [6.07, 6.45) is 6.32. The molecule has 4 heterocycles. The number of aromatic nitrogens is 4. The van der Waals surface area contributed by atoms with E-state index in [0.29, 0.717) is 22.8 Å². The zero-order valence-corrected chi connectivity index (χ0v) is 20.9. The molecule has 1 aliphatic heterocycles. The molecule has 12 heteroatoms. The molecule has 0 amide bonds. The normalized spacial score (nSPS) is 16.0. The van der Waals surface area contributed by atoms with Gasteiger partial charge in [0.05, 0.1) is 18.5 Å². The smallest absolute Gasteiger partial charge is 0.434 e. The minimum atomic E-state index is -0.906. The maximum absolute atomic E-state index is 13.3. The second-order valence-electron chi connectivity index (χ2n) is 8.64. The average molecular weight is 516 g/mol. The van der Waals surface area contributed by atoms with Crippen LogP contribution in [-0.2, 0) is 4.74 Å². The molecule has 0 spiro atoms. The van der Waals surface area contributed by atoms with Crippen molar-refractivity contribution in [3.05, 3.63) is 40.9 Å². The number of piperazine rings is 1. The molecule has 3 aromatic heterocycles. The SMILES string of the molecule is CCOC(=O)Oc1cc2cnc(Nc3ccc(N4CCNCC4)cn3)nc2n(C2CCCC2)c1=O.Cl. The van der Waals surface area contributed by atoms with E-state index in [1.807, 2.05) is 18.3 Å². The highest BCUT2D eigenvalue weighted by molar-refractivity contribution is 5.85. The van der Waals surface area contributed by atoms with E-state index in [4.69, 9.17) is 9.47 Å². The maximum Gasteiger partial charge on any atom is 0.514 e. The number of fused-ring (bicyclic) bond motifs is 1. The van der Waals surface area contributed by atoms with E-state index in [2.05, 4.69) is 30.5 Å². The molecule has 0 atom stereocenters. The van der Waals surface area contributed by atoms with Crippen molar-refractivity contribution in [2.75, 3.05) is 43.0 Å². The highest BCUT2D eigenvalue weighted by Crippen LogP contribution is 2.31. The Labute approximate surface area is 214 Å². The summed E-state index contributed by atoms with van der Waals surface area (Å²) in [5.41, 5.74) is 1.16. The van der Waals surface area contributed by atoms with Gasteiger partial charge in [0, 0.05) is 43.8 Å². The van der Waals surface area contributed by atoms with Gasteiger partial charge in [-0.25, -0.2) is 14.8 Å². The first kappa shape index (κ1) is 25.6. The fourth-order valence-electron chi connectivity index (χ4n) is 4.65. The molecule has 2 fully saturated rings. The highest BCUT2D eigenvalue weighted by Gasteiger charge is 2.24. The van der Waals surface area contributed by atoms with Crippen molar-refractivity contribution < 1.29 is 14.3 Å². The van der Waals surface area contributed by atoms with Gasteiger partial charge in [-0.3, -0.25) is 9.36 Å². The Kier molecular flexibility index (Phi) is 8.21. The second-order valence-corrected chi connectivity index (χ2v) is 8.64. The molecule has 1 aliphatic carbocycles. The number of carbonyl (C=O) groups excluding carboxylic acids is 1. The van der Waals surface area contributed by atoms with Gasteiger partial charge in [0.15, 0.2) is 0 Å². The predicted octanol–water partition coefficient (Wildman–Crippen LogP) is 3.41. The summed E-state index contributed by atoms with van der Waals surface area (Å²) in [4.78, 5) is 41.0. The van der Waals surface area contributed by atoms with Crippen LogP contribution in [0, 0.1) is 0 Å². The van der Waals surface area contributed by atoms with Crippen molar-refractivity contribution >= 4 is 47.0 Å². The number of hydrogen-bond donors (Lipinski definition) is 2. The minimum Gasteiger partial charge on any atom is -0.434 e. The van der Waals surface area contributed by atoms with Crippen LogP contribution >= 0.6 is 12.4 Å². The van der Waals surface area contributed by atoms with Crippen LogP contribution in [0.3, 0.4) is 0 Å². The lowest BCUT2D eigenvalue weighted by Gasteiger charge is -2.29. The number of nitrogens with one attached hydrogen (secondary N) is 2. The summed E-state index contributed by atoms with van der Waals surface area (Å²) in [5, 5.41) is 7.09. The lowest BCUT2D eigenvalue weighted by atomic mass is 10.2. The largest absolute Gasteiger partial charge is 0.514 e. The van der Waals surface area contributed by atoms with Crippen LogP contribution in [-0.4, -0.2) is 58.5 Å². The Balaban J connectivity index is 0.00000304. The Morgan fingerprint density at radius 2 is 1.94 bits per heavy atom. The van der Waals surface area contributed by atoms with E-state index in [-0.39, 0.29) is 30.8 Å². The number of pyridine rings is 2. The molecule has 5 rings (SSSR count). The molecule has 0 aromatic carbocycles. The first-order valence-electron chi connectivity index (χ1n) is 12.1. The monoisotopic (exact) mass is 515 g/mol. The molecular weight excluding hydrogens is 486 g/mol. The number of halogens is 1. The van der Waals surface area contributed by atoms with Gasteiger partial charge in [-0.05, 0) is 38.0 Å². The predicted molar refractivity (Wildman–Crippen MR) is 139 cm³/mol. The van der Waals surface area contributed by atoms with Crippen LogP contribution in [0.1, 0.15) is 38.6 Å². The summed E-state index contributed by atoms with van der Waals surface area (Å²) < 4.78 is 11.7. The van der Waals surface area contributed by atoms with Gasteiger partial charge in [-0.1, -0.05) is 12.8 Å². The van der Waals surface area contributed by atoms with Crippen molar-refractivity contribution in [1.29, 1.82) is 0 Å². The summed E-state index contributed by atoms with van der Waals surface area (Å²) in [6, 6.07) is 5.39. The van der Waals surface area contributed by atoms with E-state index in [9.17, 15) is 9.59 Å². The Morgan fingerprint density at radius 3 is 2.64 bits per heavy atom. The van der Waals surface area contributed by atoms with Crippen molar-refractivity contribution in [2.45, 2.75) is 38.6 Å². The molecule has 1 saturated heterocycles. The average Bonchev–Trinajstić information content (AvgIpc) is 3.40. The van der Waals surface area contributed by atoms with Gasteiger partial charge in [-0.2, -0.15) is 4.98 Å². The second kappa shape index (κ2) is 11.5. The lowest BCUT2D eigenvalue weighted by molar-refractivity contribution is 0.103. The molecular formula is C24H30ClN7O4. The Morgan fingerprint density at radius 1 is 1.17 bits per heavy atom. The van der Waals surface area contributed by atoms with Crippen LogP contribution < -0.4 is 25.8 Å². The summed E-state index contributed by atoms with van der Waals surface area (Å²) in [7, 11) is 0. The van der Waals surface area contributed by atoms with Gasteiger partial charge in [0.2, 0.25) is 11.7 Å². The highest BCUT2D eigenvalue weighted by atomic mass is 35.5. The molecule has 3 aromatic rings. The van der Waals surface area contributed by atoms with Crippen LogP contribution in [0.4, 0.5) is 22.2 Å². The molecule has 2 N–H and O–H groups in total. The topological polar surface area (TPSA) is 124 Å².